The van der Waals surface area contributed by atoms with Crippen molar-refractivity contribution in [1.82, 2.24) is 10.2 Å². The molecular weight excluding hydrogens is 352 g/mol. The summed E-state index contributed by atoms with van der Waals surface area (Å²) < 4.78 is 11.1. The minimum Gasteiger partial charge on any atom is -0.484 e. The fourth-order valence-corrected chi connectivity index (χ4v) is 3.28. The van der Waals surface area contributed by atoms with Gasteiger partial charge in [-0.05, 0) is 36.6 Å². The Balaban J connectivity index is 1.60. The maximum atomic E-state index is 12.6. The molecule has 2 aromatic rings. The lowest BCUT2D eigenvalue weighted by Crippen LogP contribution is -2.44. The number of morpholine rings is 1. The zero-order chi connectivity index (χ0) is 19.8. The normalized spacial score (nSPS) is 15.8. The Morgan fingerprint density at radius 1 is 1.11 bits per heavy atom. The van der Waals surface area contributed by atoms with Crippen LogP contribution in [0.3, 0.4) is 0 Å². The predicted molar refractivity (Wildman–Crippen MR) is 111 cm³/mol. The molecule has 1 atom stereocenters. The van der Waals surface area contributed by atoms with Gasteiger partial charge in [-0.2, -0.15) is 0 Å². The van der Waals surface area contributed by atoms with Crippen LogP contribution in [0.5, 0.6) is 5.75 Å². The molecule has 0 bridgehead atoms. The molecule has 1 heterocycles. The van der Waals surface area contributed by atoms with Gasteiger partial charge in [-0.15, -0.1) is 0 Å². The minimum atomic E-state index is -0.113. The van der Waals surface area contributed by atoms with Crippen molar-refractivity contribution in [3.8, 4) is 5.75 Å². The monoisotopic (exact) mass is 382 g/mol. The third-order valence-electron chi connectivity index (χ3n) is 5.06. The summed E-state index contributed by atoms with van der Waals surface area (Å²) in [5, 5.41) is 3.15. The lowest BCUT2D eigenvalue weighted by molar-refractivity contribution is -0.124. The quantitative estimate of drug-likeness (QED) is 0.762. The average Bonchev–Trinajstić information content (AvgIpc) is 2.73. The molecule has 1 aliphatic rings. The maximum Gasteiger partial charge on any atom is 0.258 e. The molecule has 5 heteroatoms. The van der Waals surface area contributed by atoms with E-state index in [0.29, 0.717) is 5.75 Å². The molecule has 1 N–H and O–H groups in total. The summed E-state index contributed by atoms with van der Waals surface area (Å²) in [6.07, 6.45) is 0.987. The van der Waals surface area contributed by atoms with Gasteiger partial charge in [-0.1, -0.05) is 48.9 Å². The maximum absolute atomic E-state index is 12.6. The highest BCUT2D eigenvalue weighted by atomic mass is 16.5. The second kappa shape index (κ2) is 10.2. The van der Waals surface area contributed by atoms with Crippen molar-refractivity contribution in [2.45, 2.75) is 26.3 Å². The number of carbonyl (C=O) groups excluding carboxylic acids is 1. The highest BCUT2D eigenvalue weighted by Gasteiger charge is 2.20. The van der Waals surface area contributed by atoms with Crippen LogP contribution < -0.4 is 10.1 Å². The summed E-state index contributed by atoms with van der Waals surface area (Å²) in [5.74, 6) is 0.603. The number of carbonyl (C=O) groups is 1. The molecule has 5 nitrogen and oxygen atoms in total. The van der Waals surface area contributed by atoms with Gasteiger partial charge in [0.05, 0.1) is 19.3 Å². The van der Waals surface area contributed by atoms with Crippen LogP contribution in [0.1, 0.15) is 29.7 Å². The molecule has 0 aliphatic carbocycles. The highest BCUT2D eigenvalue weighted by Crippen LogP contribution is 2.17. The average molecular weight is 383 g/mol. The largest absolute Gasteiger partial charge is 0.484 e. The molecule has 0 aromatic heterocycles. The SMILES string of the molecule is CCc1ccc(OCC(=O)NC(CN2CCOCC2)c2ccc(C)cc2)cc1. The third-order valence-corrected chi connectivity index (χ3v) is 5.06. The van der Waals surface area contributed by atoms with Crippen molar-refractivity contribution in [2.75, 3.05) is 39.5 Å². The number of hydrogen-bond acceptors (Lipinski definition) is 4. The molecule has 1 amide bonds. The van der Waals surface area contributed by atoms with E-state index in [0.717, 1.165) is 44.8 Å². The zero-order valence-electron chi connectivity index (χ0n) is 16.8. The van der Waals surface area contributed by atoms with Crippen LogP contribution in [-0.2, 0) is 16.0 Å². The van der Waals surface area contributed by atoms with Gasteiger partial charge in [0.2, 0.25) is 0 Å². The first kappa shape index (κ1) is 20.4. The Hall–Kier alpha value is -2.37. The summed E-state index contributed by atoms with van der Waals surface area (Å²) in [6.45, 7) is 8.22. The highest BCUT2D eigenvalue weighted by molar-refractivity contribution is 5.78. The van der Waals surface area contributed by atoms with Gasteiger partial charge in [0, 0.05) is 19.6 Å². The van der Waals surface area contributed by atoms with Crippen LogP contribution in [0.4, 0.5) is 0 Å². The standard InChI is InChI=1S/C23H30N2O3/c1-3-19-6-10-21(11-7-19)28-17-23(26)24-22(16-25-12-14-27-15-13-25)20-8-4-18(2)5-9-20/h4-11,22H,3,12-17H2,1-2H3,(H,24,26). The minimum absolute atomic E-state index is 0.0109. The molecule has 150 valence electrons. The number of nitrogens with zero attached hydrogens (tertiary/aromatic N) is 1. The van der Waals surface area contributed by atoms with Gasteiger partial charge < -0.3 is 14.8 Å². The summed E-state index contributed by atoms with van der Waals surface area (Å²) in [7, 11) is 0. The molecule has 2 aromatic carbocycles. The molecule has 0 radical (unpaired) electrons. The smallest absolute Gasteiger partial charge is 0.258 e. The van der Waals surface area contributed by atoms with E-state index < -0.39 is 0 Å². The van der Waals surface area contributed by atoms with Gasteiger partial charge >= 0.3 is 0 Å². The Morgan fingerprint density at radius 3 is 2.43 bits per heavy atom. The van der Waals surface area contributed by atoms with Crippen LogP contribution in [0.25, 0.3) is 0 Å². The first-order valence-electron chi connectivity index (χ1n) is 10.0. The third kappa shape index (κ3) is 6.08. The number of benzene rings is 2. The second-order valence-corrected chi connectivity index (χ2v) is 7.23. The molecule has 1 aliphatic heterocycles. The Bertz CT molecular complexity index is 737. The van der Waals surface area contributed by atoms with E-state index in [1.54, 1.807) is 0 Å². The molecule has 0 spiro atoms. The number of amides is 1. The molecule has 28 heavy (non-hydrogen) atoms. The number of rotatable bonds is 8. The number of ether oxygens (including phenoxy) is 2. The van der Waals surface area contributed by atoms with Crippen LogP contribution in [0.15, 0.2) is 48.5 Å². The van der Waals surface area contributed by atoms with Crippen molar-refractivity contribution in [1.29, 1.82) is 0 Å². The number of aryl methyl sites for hydroxylation is 2. The van der Waals surface area contributed by atoms with Crippen molar-refractivity contribution in [3.05, 3.63) is 65.2 Å². The van der Waals surface area contributed by atoms with E-state index >= 15 is 0 Å². The number of hydrogen-bond donors (Lipinski definition) is 1. The van der Waals surface area contributed by atoms with Gasteiger partial charge in [0.15, 0.2) is 6.61 Å². The summed E-state index contributed by atoms with van der Waals surface area (Å²) in [4.78, 5) is 14.9. The Kier molecular flexibility index (Phi) is 7.46. The molecule has 1 unspecified atom stereocenters. The lowest BCUT2D eigenvalue weighted by Gasteiger charge is -2.31. The Morgan fingerprint density at radius 2 is 1.79 bits per heavy atom. The first-order chi connectivity index (χ1) is 13.6. The number of nitrogens with one attached hydrogen (secondary N) is 1. The zero-order valence-corrected chi connectivity index (χ0v) is 16.8. The van der Waals surface area contributed by atoms with Crippen molar-refractivity contribution in [3.63, 3.8) is 0 Å². The van der Waals surface area contributed by atoms with Crippen LogP contribution in [0.2, 0.25) is 0 Å². The van der Waals surface area contributed by atoms with Gasteiger partial charge in [-0.25, -0.2) is 0 Å². The first-order valence-corrected chi connectivity index (χ1v) is 10.0. The Labute approximate surface area is 167 Å². The molecule has 0 saturated carbocycles. The van der Waals surface area contributed by atoms with E-state index in [9.17, 15) is 4.79 Å². The molecule has 3 rings (SSSR count). The van der Waals surface area contributed by atoms with Crippen molar-refractivity contribution < 1.29 is 14.3 Å². The second-order valence-electron chi connectivity index (χ2n) is 7.23. The van der Waals surface area contributed by atoms with E-state index in [1.807, 2.05) is 24.3 Å². The van der Waals surface area contributed by atoms with Crippen LogP contribution >= 0.6 is 0 Å². The summed E-state index contributed by atoms with van der Waals surface area (Å²) in [5.41, 5.74) is 3.57. The molecular formula is C23H30N2O3. The van der Waals surface area contributed by atoms with Gasteiger partial charge in [0.1, 0.15) is 5.75 Å². The van der Waals surface area contributed by atoms with Crippen molar-refractivity contribution >= 4 is 5.91 Å². The van der Waals surface area contributed by atoms with E-state index in [4.69, 9.17) is 9.47 Å². The van der Waals surface area contributed by atoms with Gasteiger partial charge in [0.25, 0.3) is 5.91 Å². The van der Waals surface area contributed by atoms with E-state index in [2.05, 4.69) is 48.3 Å². The summed E-state index contributed by atoms with van der Waals surface area (Å²) in [6, 6.07) is 16.2. The van der Waals surface area contributed by atoms with E-state index in [1.165, 1.54) is 11.1 Å². The fraction of sp³-hybridized carbons (Fsp3) is 0.435. The van der Waals surface area contributed by atoms with E-state index in [-0.39, 0.29) is 18.6 Å². The van der Waals surface area contributed by atoms with Crippen molar-refractivity contribution in [2.24, 2.45) is 0 Å². The predicted octanol–water partition coefficient (Wildman–Crippen LogP) is 3.13. The fourth-order valence-electron chi connectivity index (χ4n) is 3.28. The topological polar surface area (TPSA) is 50.8 Å². The molecule has 1 saturated heterocycles. The van der Waals surface area contributed by atoms with Crippen LogP contribution in [-0.4, -0.2) is 50.3 Å². The van der Waals surface area contributed by atoms with Crippen LogP contribution in [0, 0.1) is 6.92 Å². The lowest BCUT2D eigenvalue weighted by atomic mass is 10.0. The van der Waals surface area contributed by atoms with Gasteiger partial charge in [-0.3, -0.25) is 9.69 Å². The molecule has 1 fully saturated rings. The summed E-state index contributed by atoms with van der Waals surface area (Å²) >= 11 is 0.